The monoisotopic (exact) mass is 438 g/mol. The molecule has 1 fully saturated rings. The average Bonchev–Trinajstić information content (AvgIpc) is 2.86. The highest BCUT2D eigenvalue weighted by Gasteiger charge is 2.25. The molecule has 1 aliphatic heterocycles. The van der Waals surface area contributed by atoms with Crippen LogP contribution < -0.4 is 5.69 Å². The first-order valence-corrected chi connectivity index (χ1v) is 9.54. The van der Waals surface area contributed by atoms with E-state index >= 15 is 0 Å². The maximum absolute atomic E-state index is 12.8. The zero-order valence-corrected chi connectivity index (χ0v) is 18.5. The first-order chi connectivity index (χ1) is 12.4. The first-order valence-electron chi connectivity index (χ1n) is 9.54. The number of fused-ring (bicyclic) bond motifs is 1. The van der Waals surface area contributed by atoms with Crippen LogP contribution in [0.1, 0.15) is 31.7 Å². The van der Waals surface area contributed by atoms with Crippen molar-refractivity contribution in [2.75, 3.05) is 26.7 Å². The second-order valence-electron chi connectivity index (χ2n) is 7.44. The average molecular weight is 439 g/mol. The summed E-state index contributed by atoms with van der Waals surface area (Å²) < 4.78 is 3.32. The molecule has 0 spiro atoms. The van der Waals surface area contributed by atoms with E-state index < -0.39 is 0 Å². The third-order valence-corrected chi connectivity index (χ3v) is 5.75. The van der Waals surface area contributed by atoms with Gasteiger partial charge in [-0.1, -0.05) is 6.07 Å². The number of likely N-dealkylation sites (tertiary alicyclic amines) is 1. The third-order valence-electron chi connectivity index (χ3n) is 5.75. The molecule has 0 bridgehead atoms. The minimum Gasteiger partial charge on any atom is -0.340 e. The number of imidazole rings is 1. The molecule has 1 aromatic carbocycles. The standard InChI is InChI=1S/C20H30N4O2.BrH/c1-5-24(16-10-12-21(2)13-11-16)19(25)9-7-15-6-8-17-18(14-15)23(4)20(26)22(17)3;/h6,8,14,16H,5,7,9-13H2,1-4H3;1H. The Bertz CT molecular complexity index is 850. The van der Waals surface area contributed by atoms with Crippen LogP contribution in [-0.4, -0.2) is 57.6 Å². The largest absolute Gasteiger partial charge is 0.340 e. The minimum atomic E-state index is -0.0207. The fourth-order valence-electron chi connectivity index (χ4n) is 4.05. The van der Waals surface area contributed by atoms with Gasteiger partial charge in [-0.3, -0.25) is 13.9 Å². The van der Waals surface area contributed by atoms with E-state index in [0.29, 0.717) is 18.9 Å². The summed E-state index contributed by atoms with van der Waals surface area (Å²) in [6.07, 6.45) is 3.36. The van der Waals surface area contributed by atoms with E-state index in [2.05, 4.69) is 23.8 Å². The summed E-state index contributed by atoms with van der Waals surface area (Å²) in [6.45, 7) is 4.97. The van der Waals surface area contributed by atoms with E-state index in [1.54, 1.807) is 23.2 Å². The van der Waals surface area contributed by atoms with Gasteiger partial charge in [-0.15, -0.1) is 17.0 Å². The van der Waals surface area contributed by atoms with Crippen molar-refractivity contribution in [2.45, 2.75) is 38.6 Å². The molecule has 27 heavy (non-hydrogen) atoms. The molecule has 0 radical (unpaired) electrons. The Morgan fingerprint density at radius 2 is 1.74 bits per heavy atom. The summed E-state index contributed by atoms with van der Waals surface area (Å²) in [5.74, 6) is 0.240. The summed E-state index contributed by atoms with van der Waals surface area (Å²) in [6, 6.07) is 6.42. The highest BCUT2D eigenvalue weighted by molar-refractivity contribution is 8.93. The van der Waals surface area contributed by atoms with Gasteiger partial charge in [0.1, 0.15) is 0 Å². The van der Waals surface area contributed by atoms with Gasteiger partial charge >= 0.3 is 5.69 Å². The van der Waals surface area contributed by atoms with Crippen molar-refractivity contribution in [2.24, 2.45) is 14.1 Å². The van der Waals surface area contributed by atoms with Crippen LogP contribution in [0.2, 0.25) is 0 Å². The summed E-state index contributed by atoms with van der Waals surface area (Å²) in [5.41, 5.74) is 2.93. The number of amides is 1. The summed E-state index contributed by atoms with van der Waals surface area (Å²) in [4.78, 5) is 29.2. The van der Waals surface area contributed by atoms with Crippen LogP contribution in [0.5, 0.6) is 0 Å². The number of hydrogen-bond donors (Lipinski definition) is 0. The van der Waals surface area contributed by atoms with E-state index in [1.165, 1.54) is 0 Å². The number of carbonyl (C=O) groups excluding carboxylic acids is 1. The van der Waals surface area contributed by atoms with E-state index in [4.69, 9.17) is 0 Å². The second-order valence-corrected chi connectivity index (χ2v) is 7.44. The van der Waals surface area contributed by atoms with Gasteiger partial charge in [-0.25, -0.2) is 4.79 Å². The Balaban J connectivity index is 0.00000261. The van der Waals surface area contributed by atoms with Crippen LogP contribution in [0.4, 0.5) is 0 Å². The molecule has 0 saturated carbocycles. The van der Waals surface area contributed by atoms with Gasteiger partial charge < -0.3 is 9.80 Å². The van der Waals surface area contributed by atoms with Crippen LogP contribution in [-0.2, 0) is 25.3 Å². The molecule has 1 saturated heterocycles. The van der Waals surface area contributed by atoms with Crippen molar-refractivity contribution in [1.29, 1.82) is 0 Å². The van der Waals surface area contributed by atoms with Gasteiger partial charge in [0.15, 0.2) is 0 Å². The molecule has 0 atom stereocenters. The molecule has 0 unspecified atom stereocenters. The van der Waals surface area contributed by atoms with E-state index in [0.717, 1.165) is 49.1 Å². The predicted octanol–water partition coefficient (Wildman–Crippen LogP) is 2.33. The van der Waals surface area contributed by atoms with Gasteiger partial charge in [0, 0.05) is 33.1 Å². The molecular formula is C20H31BrN4O2. The number of rotatable bonds is 5. The number of piperidine rings is 1. The van der Waals surface area contributed by atoms with Crippen molar-refractivity contribution in [3.63, 3.8) is 0 Å². The van der Waals surface area contributed by atoms with Crippen molar-refractivity contribution in [1.82, 2.24) is 18.9 Å². The lowest BCUT2D eigenvalue weighted by molar-refractivity contribution is -0.134. The van der Waals surface area contributed by atoms with Gasteiger partial charge in [0.25, 0.3) is 0 Å². The first kappa shape index (κ1) is 21.7. The molecule has 1 aromatic heterocycles. The Morgan fingerprint density at radius 3 is 2.37 bits per heavy atom. The number of benzene rings is 1. The SMILES string of the molecule is Br.CCN(C(=O)CCc1ccc2c(c1)n(C)c(=O)n2C)C1CCN(C)CC1. The fourth-order valence-corrected chi connectivity index (χ4v) is 4.05. The number of halogens is 1. The molecule has 150 valence electrons. The van der Waals surface area contributed by atoms with Crippen molar-refractivity contribution < 1.29 is 4.79 Å². The van der Waals surface area contributed by atoms with E-state index in [9.17, 15) is 9.59 Å². The molecule has 7 heteroatoms. The lowest BCUT2D eigenvalue weighted by Gasteiger charge is -2.37. The highest BCUT2D eigenvalue weighted by Crippen LogP contribution is 2.19. The Kier molecular flexibility index (Phi) is 7.28. The van der Waals surface area contributed by atoms with E-state index in [-0.39, 0.29) is 28.6 Å². The summed E-state index contributed by atoms with van der Waals surface area (Å²) in [7, 11) is 5.72. The van der Waals surface area contributed by atoms with Crippen LogP contribution in [0.25, 0.3) is 11.0 Å². The normalized spacial score (nSPS) is 15.7. The van der Waals surface area contributed by atoms with Crippen molar-refractivity contribution in [3.05, 3.63) is 34.2 Å². The zero-order valence-electron chi connectivity index (χ0n) is 16.8. The topological polar surface area (TPSA) is 50.5 Å². The van der Waals surface area contributed by atoms with E-state index in [1.807, 2.05) is 18.2 Å². The lowest BCUT2D eigenvalue weighted by Crippen LogP contribution is -2.46. The zero-order chi connectivity index (χ0) is 18.8. The molecule has 0 aliphatic carbocycles. The van der Waals surface area contributed by atoms with Crippen LogP contribution >= 0.6 is 17.0 Å². The second kappa shape index (κ2) is 9.06. The Labute approximate surface area is 171 Å². The molecule has 0 N–H and O–H groups in total. The predicted molar refractivity (Wildman–Crippen MR) is 115 cm³/mol. The summed E-state index contributed by atoms with van der Waals surface area (Å²) >= 11 is 0. The Morgan fingerprint density at radius 1 is 1.11 bits per heavy atom. The smallest absolute Gasteiger partial charge is 0.328 e. The van der Waals surface area contributed by atoms with Crippen molar-refractivity contribution >= 4 is 33.9 Å². The van der Waals surface area contributed by atoms with Crippen molar-refractivity contribution in [3.8, 4) is 0 Å². The number of nitrogens with zero attached hydrogens (tertiary/aromatic N) is 4. The highest BCUT2D eigenvalue weighted by atomic mass is 79.9. The fraction of sp³-hybridized carbons (Fsp3) is 0.600. The van der Waals surface area contributed by atoms with Crippen LogP contribution in [0.15, 0.2) is 23.0 Å². The summed E-state index contributed by atoms with van der Waals surface area (Å²) in [5, 5.41) is 0. The van der Waals surface area contributed by atoms with Gasteiger partial charge in [0.05, 0.1) is 11.0 Å². The Hall–Kier alpha value is -1.60. The van der Waals surface area contributed by atoms with Crippen LogP contribution in [0, 0.1) is 0 Å². The lowest BCUT2D eigenvalue weighted by atomic mass is 10.0. The molecule has 3 rings (SSSR count). The van der Waals surface area contributed by atoms with Gasteiger partial charge in [0.2, 0.25) is 5.91 Å². The number of aryl methyl sites for hydroxylation is 3. The quantitative estimate of drug-likeness (QED) is 0.719. The third kappa shape index (κ3) is 4.46. The number of aromatic nitrogens is 2. The maximum Gasteiger partial charge on any atom is 0.328 e. The minimum absolute atomic E-state index is 0. The molecule has 1 amide bonds. The van der Waals surface area contributed by atoms with Gasteiger partial charge in [-0.2, -0.15) is 0 Å². The molecule has 2 heterocycles. The number of hydrogen-bond acceptors (Lipinski definition) is 3. The number of carbonyl (C=O) groups is 1. The molecular weight excluding hydrogens is 408 g/mol. The molecule has 2 aromatic rings. The van der Waals surface area contributed by atoms with Gasteiger partial charge in [-0.05, 0) is 64.0 Å². The van der Waals surface area contributed by atoms with Crippen LogP contribution in [0.3, 0.4) is 0 Å². The maximum atomic E-state index is 12.8. The molecule has 6 nitrogen and oxygen atoms in total. The molecule has 1 aliphatic rings.